The van der Waals surface area contributed by atoms with Crippen LogP contribution in [0.1, 0.15) is 47.0 Å². The lowest BCUT2D eigenvalue weighted by Gasteiger charge is -2.27. The number of nitrogens with zero attached hydrogens (tertiary/aromatic N) is 4. The Labute approximate surface area is 185 Å². The predicted octanol–water partition coefficient (Wildman–Crippen LogP) is 2.85. The summed E-state index contributed by atoms with van der Waals surface area (Å²) >= 11 is 0. The number of ether oxygens (including phenoxy) is 1. The summed E-state index contributed by atoms with van der Waals surface area (Å²) < 4.78 is 7.43. The van der Waals surface area contributed by atoms with Gasteiger partial charge in [0, 0.05) is 51.2 Å². The van der Waals surface area contributed by atoms with Gasteiger partial charge in [-0.25, -0.2) is 4.79 Å². The van der Waals surface area contributed by atoms with Crippen molar-refractivity contribution in [3.05, 3.63) is 18.5 Å². The highest BCUT2D eigenvalue weighted by molar-refractivity contribution is 14.0. The lowest BCUT2D eigenvalue weighted by Crippen LogP contribution is -2.45. The minimum atomic E-state index is -0.470. The second-order valence-corrected chi connectivity index (χ2v) is 7.72. The van der Waals surface area contributed by atoms with Crippen LogP contribution in [0.3, 0.4) is 0 Å². The highest BCUT2D eigenvalue weighted by atomic mass is 127. The minimum absolute atomic E-state index is 0. The molecule has 1 aromatic heterocycles. The van der Waals surface area contributed by atoms with Gasteiger partial charge >= 0.3 is 6.09 Å². The zero-order valence-electron chi connectivity index (χ0n) is 17.5. The first-order chi connectivity index (χ1) is 12.9. The number of nitrogens with one attached hydrogen (secondary N) is 2. The maximum absolute atomic E-state index is 12.4. The maximum atomic E-state index is 12.4. The molecule has 1 heterocycles. The zero-order chi connectivity index (χ0) is 19.7. The van der Waals surface area contributed by atoms with Crippen molar-refractivity contribution in [2.24, 2.45) is 4.99 Å². The van der Waals surface area contributed by atoms with Crippen LogP contribution in [0.2, 0.25) is 0 Å². The van der Waals surface area contributed by atoms with Gasteiger partial charge in [0.25, 0.3) is 0 Å². The molecule has 0 atom stereocenters. The summed E-state index contributed by atoms with van der Waals surface area (Å²) in [6.07, 6.45) is 6.54. The highest BCUT2D eigenvalue weighted by Crippen LogP contribution is 2.27. The number of aryl methyl sites for hydroxylation is 1. The van der Waals surface area contributed by atoms with Gasteiger partial charge in [-0.05, 0) is 53.0 Å². The molecule has 8 nitrogen and oxygen atoms in total. The van der Waals surface area contributed by atoms with Crippen molar-refractivity contribution in [1.82, 2.24) is 25.3 Å². The molecule has 0 radical (unpaired) electrons. The number of halogens is 1. The number of aliphatic imine (C=N–C) groups is 1. The molecule has 2 rings (SSSR count). The van der Waals surface area contributed by atoms with Crippen LogP contribution in [0.15, 0.2) is 23.5 Å². The van der Waals surface area contributed by atoms with Crippen LogP contribution in [-0.4, -0.2) is 64.6 Å². The van der Waals surface area contributed by atoms with Crippen LogP contribution in [0.4, 0.5) is 4.79 Å². The van der Waals surface area contributed by atoms with E-state index in [0.717, 1.165) is 38.3 Å². The monoisotopic (exact) mass is 506 g/mol. The second kappa shape index (κ2) is 12.1. The number of amides is 1. The van der Waals surface area contributed by atoms with Gasteiger partial charge in [-0.1, -0.05) is 0 Å². The molecule has 9 heteroatoms. The van der Waals surface area contributed by atoms with Crippen molar-refractivity contribution < 1.29 is 9.53 Å². The first-order valence-electron chi connectivity index (χ1n) is 9.88. The van der Waals surface area contributed by atoms with Crippen LogP contribution in [-0.2, 0) is 11.3 Å². The molecular weight excluding hydrogens is 471 g/mol. The van der Waals surface area contributed by atoms with Gasteiger partial charge in [0.05, 0.1) is 0 Å². The Bertz CT molecular complexity index is 596. The van der Waals surface area contributed by atoms with Crippen molar-refractivity contribution in [2.45, 2.75) is 65.1 Å². The fourth-order valence-corrected chi connectivity index (χ4v) is 2.62. The minimum Gasteiger partial charge on any atom is -0.444 e. The Morgan fingerprint density at radius 1 is 1.36 bits per heavy atom. The predicted molar refractivity (Wildman–Crippen MR) is 122 cm³/mol. The molecule has 1 aliphatic rings. The van der Waals surface area contributed by atoms with E-state index in [1.54, 1.807) is 6.20 Å². The van der Waals surface area contributed by atoms with E-state index in [9.17, 15) is 4.79 Å². The zero-order valence-corrected chi connectivity index (χ0v) is 19.8. The fraction of sp³-hybridized carbons (Fsp3) is 0.737. The van der Waals surface area contributed by atoms with E-state index in [1.165, 1.54) is 0 Å². The third-order valence-corrected chi connectivity index (χ3v) is 3.98. The molecule has 0 aromatic carbocycles. The third kappa shape index (κ3) is 9.61. The summed E-state index contributed by atoms with van der Waals surface area (Å²) in [5.41, 5.74) is -0.470. The van der Waals surface area contributed by atoms with Gasteiger partial charge in [-0.3, -0.25) is 9.67 Å². The summed E-state index contributed by atoms with van der Waals surface area (Å²) in [4.78, 5) is 18.8. The largest absolute Gasteiger partial charge is 0.444 e. The second-order valence-electron chi connectivity index (χ2n) is 7.72. The molecule has 28 heavy (non-hydrogen) atoms. The van der Waals surface area contributed by atoms with E-state index in [4.69, 9.17) is 4.74 Å². The molecule has 0 spiro atoms. The number of carbonyl (C=O) groups excluding carboxylic acids is 1. The van der Waals surface area contributed by atoms with Crippen molar-refractivity contribution in [1.29, 1.82) is 0 Å². The fourth-order valence-electron chi connectivity index (χ4n) is 2.62. The van der Waals surface area contributed by atoms with E-state index >= 15 is 0 Å². The van der Waals surface area contributed by atoms with Crippen molar-refractivity contribution >= 4 is 36.0 Å². The van der Waals surface area contributed by atoms with Gasteiger partial charge in [-0.2, -0.15) is 5.10 Å². The van der Waals surface area contributed by atoms with E-state index in [-0.39, 0.29) is 30.1 Å². The molecule has 0 aliphatic heterocycles. The molecule has 1 fully saturated rings. The Kier molecular flexibility index (Phi) is 10.6. The molecule has 0 unspecified atom stereocenters. The van der Waals surface area contributed by atoms with Gasteiger partial charge in [0.2, 0.25) is 0 Å². The molecule has 1 saturated carbocycles. The van der Waals surface area contributed by atoms with Gasteiger partial charge in [0.15, 0.2) is 5.96 Å². The topological polar surface area (TPSA) is 83.8 Å². The maximum Gasteiger partial charge on any atom is 0.410 e. The van der Waals surface area contributed by atoms with Gasteiger partial charge < -0.3 is 20.3 Å². The highest BCUT2D eigenvalue weighted by Gasteiger charge is 2.34. The molecule has 2 N–H and O–H groups in total. The SMILES string of the molecule is CCNC(=NCCCn1cccn1)NCCN(C(=O)OC(C)(C)C)C1CC1.I. The number of guanidine groups is 1. The first-order valence-corrected chi connectivity index (χ1v) is 9.88. The van der Waals surface area contributed by atoms with Crippen LogP contribution < -0.4 is 10.6 Å². The van der Waals surface area contributed by atoms with Gasteiger partial charge in [-0.15, -0.1) is 24.0 Å². The van der Waals surface area contributed by atoms with Gasteiger partial charge in [0.1, 0.15) is 5.60 Å². The smallest absolute Gasteiger partial charge is 0.410 e. The average Bonchev–Trinajstić information content (AvgIpc) is 3.28. The Hall–Kier alpha value is -1.52. The lowest BCUT2D eigenvalue weighted by molar-refractivity contribution is 0.0238. The molecule has 0 bridgehead atoms. The number of carbonyl (C=O) groups is 1. The van der Waals surface area contributed by atoms with Crippen LogP contribution >= 0.6 is 24.0 Å². The normalized spacial score (nSPS) is 14.2. The molecule has 1 amide bonds. The van der Waals surface area contributed by atoms with E-state index in [0.29, 0.717) is 25.7 Å². The standard InChI is InChI=1S/C19H34N6O2.HI/c1-5-20-17(21-10-6-13-24-14-7-11-23-24)22-12-15-25(16-8-9-16)18(26)27-19(2,3)4;/h7,11,14,16H,5-6,8-10,12-13,15H2,1-4H3,(H2,20,21,22);1H. The summed E-state index contributed by atoms with van der Waals surface area (Å²) in [6, 6.07) is 2.24. The Morgan fingerprint density at radius 2 is 2.11 bits per heavy atom. The Morgan fingerprint density at radius 3 is 2.68 bits per heavy atom. The molecule has 1 aliphatic carbocycles. The average molecular weight is 506 g/mol. The van der Waals surface area contributed by atoms with E-state index < -0.39 is 5.60 Å². The van der Waals surface area contributed by atoms with Crippen LogP contribution in [0.25, 0.3) is 0 Å². The summed E-state index contributed by atoms with van der Waals surface area (Å²) in [5.74, 6) is 0.776. The van der Waals surface area contributed by atoms with E-state index in [2.05, 4.69) is 20.7 Å². The Balaban J connectivity index is 0.00000392. The van der Waals surface area contributed by atoms with Crippen LogP contribution in [0, 0.1) is 0 Å². The molecule has 1 aromatic rings. The number of hydrogen-bond donors (Lipinski definition) is 2. The third-order valence-electron chi connectivity index (χ3n) is 3.98. The summed E-state index contributed by atoms with van der Waals surface area (Å²) in [7, 11) is 0. The number of aromatic nitrogens is 2. The summed E-state index contributed by atoms with van der Waals surface area (Å²) in [6.45, 7) is 11.3. The first kappa shape index (κ1) is 24.5. The number of hydrogen-bond acceptors (Lipinski definition) is 4. The molecule has 0 saturated heterocycles. The van der Waals surface area contributed by atoms with E-state index in [1.807, 2.05) is 49.5 Å². The van der Waals surface area contributed by atoms with Crippen molar-refractivity contribution in [2.75, 3.05) is 26.2 Å². The number of rotatable bonds is 9. The van der Waals surface area contributed by atoms with Crippen molar-refractivity contribution in [3.8, 4) is 0 Å². The quantitative estimate of drug-likeness (QED) is 0.233. The summed E-state index contributed by atoms with van der Waals surface area (Å²) in [5, 5.41) is 10.7. The van der Waals surface area contributed by atoms with Crippen molar-refractivity contribution in [3.63, 3.8) is 0 Å². The molecular formula is C19H35IN6O2. The van der Waals surface area contributed by atoms with Crippen LogP contribution in [0.5, 0.6) is 0 Å². The molecule has 160 valence electrons. The lowest BCUT2D eigenvalue weighted by atomic mass is 10.2.